The minimum atomic E-state index is -3.69. The van der Waals surface area contributed by atoms with Gasteiger partial charge in [0.25, 0.3) is 0 Å². The van der Waals surface area contributed by atoms with E-state index in [0.29, 0.717) is 11.7 Å². The van der Waals surface area contributed by atoms with Gasteiger partial charge in [-0.2, -0.15) is 0 Å². The summed E-state index contributed by atoms with van der Waals surface area (Å²) in [5.74, 6) is 0. The molecule has 0 aliphatic heterocycles. The summed E-state index contributed by atoms with van der Waals surface area (Å²) in [6, 6.07) is 10.4. The molecule has 1 aromatic heterocycles. The Morgan fingerprint density at radius 2 is 2.05 bits per heavy atom. The van der Waals surface area contributed by atoms with E-state index in [4.69, 9.17) is 16.7 Å². The molecular formula is C15H18ClN3O2S. The van der Waals surface area contributed by atoms with Gasteiger partial charge in [-0.15, -0.1) is 0 Å². The third-order valence-electron chi connectivity index (χ3n) is 3.55. The summed E-state index contributed by atoms with van der Waals surface area (Å²) in [5, 5.41) is 5.64. The number of hydrogen-bond acceptors (Lipinski definition) is 4. The van der Waals surface area contributed by atoms with Gasteiger partial charge >= 0.3 is 0 Å². The van der Waals surface area contributed by atoms with E-state index in [1.54, 1.807) is 24.4 Å². The number of primary sulfonamides is 1. The molecule has 2 N–H and O–H groups in total. The molecule has 22 heavy (non-hydrogen) atoms. The van der Waals surface area contributed by atoms with Crippen molar-refractivity contribution in [1.82, 2.24) is 9.88 Å². The lowest BCUT2D eigenvalue weighted by atomic mass is 10.1. The Morgan fingerprint density at radius 1 is 1.32 bits per heavy atom. The third kappa shape index (κ3) is 4.27. The molecule has 0 saturated carbocycles. The maximum absolute atomic E-state index is 11.4. The molecule has 0 bridgehead atoms. The molecule has 0 aliphatic carbocycles. The molecule has 118 valence electrons. The fourth-order valence-electron chi connectivity index (χ4n) is 2.13. The maximum atomic E-state index is 11.4. The van der Waals surface area contributed by atoms with Crippen LogP contribution in [0, 0.1) is 0 Å². The smallest absolute Gasteiger partial charge is 0.238 e. The first-order valence-electron chi connectivity index (χ1n) is 6.71. The quantitative estimate of drug-likeness (QED) is 0.849. The third-order valence-corrected chi connectivity index (χ3v) is 4.69. The fourth-order valence-corrected chi connectivity index (χ4v) is 2.81. The molecule has 1 heterocycles. The van der Waals surface area contributed by atoms with E-state index in [-0.39, 0.29) is 10.9 Å². The number of benzene rings is 1. The van der Waals surface area contributed by atoms with Gasteiger partial charge in [0.1, 0.15) is 5.15 Å². The summed E-state index contributed by atoms with van der Waals surface area (Å²) >= 11 is 5.77. The molecule has 0 aliphatic rings. The van der Waals surface area contributed by atoms with Gasteiger partial charge in [0.2, 0.25) is 10.0 Å². The van der Waals surface area contributed by atoms with Gasteiger partial charge < -0.3 is 0 Å². The molecule has 1 atom stereocenters. The zero-order valence-corrected chi connectivity index (χ0v) is 14.0. The predicted octanol–water partition coefficient (Wildman–Crippen LogP) is 2.58. The van der Waals surface area contributed by atoms with Crippen molar-refractivity contribution in [1.29, 1.82) is 0 Å². The van der Waals surface area contributed by atoms with Crippen LogP contribution in [0.15, 0.2) is 47.5 Å². The predicted molar refractivity (Wildman–Crippen MR) is 86.9 cm³/mol. The molecule has 5 nitrogen and oxygen atoms in total. The Kier molecular flexibility index (Phi) is 5.18. The van der Waals surface area contributed by atoms with Crippen molar-refractivity contribution in [3.63, 3.8) is 0 Å². The summed E-state index contributed by atoms with van der Waals surface area (Å²) in [6.07, 6.45) is 1.73. The first-order chi connectivity index (χ1) is 10.3. The molecule has 1 aromatic carbocycles. The van der Waals surface area contributed by atoms with Gasteiger partial charge in [0, 0.05) is 18.8 Å². The molecule has 0 fully saturated rings. The van der Waals surface area contributed by atoms with Crippen molar-refractivity contribution >= 4 is 21.6 Å². The lowest BCUT2D eigenvalue weighted by molar-refractivity contribution is 0.252. The Balaban J connectivity index is 2.16. The summed E-state index contributed by atoms with van der Waals surface area (Å²) in [6.45, 7) is 2.68. The SMILES string of the molecule is C[C@@H](c1cccc(S(N)(=O)=O)c1)N(C)Cc1ccc(Cl)nc1. The largest absolute Gasteiger partial charge is 0.295 e. The lowest BCUT2D eigenvalue weighted by Gasteiger charge is -2.25. The highest BCUT2D eigenvalue weighted by molar-refractivity contribution is 7.89. The van der Waals surface area contributed by atoms with Gasteiger partial charge in [-0.05, 0) is 43.3 Å². The van der Waals surface area contributed by atoms with Crippen LogP contribution < -0.4 is 5.14 Å². The van der Waals surface area contributed by atoms with Crippen LogP contribution in [0.4, 0.5) is 0 Å². The van der Waals surface area contributed by atoms with Crippen molar-refractivity contribution in [2.45, 2.75) is 24.4 Å². The molecule has 7 heteroatoms. The van der Waals surface area contributed by atoms with Crippen LogP contribution >= 0.6 is 11.6 Å². The zero-order chi connectivity index (χ0) is 16.3. The number of sulfonamides is 1. The van der Waals surface area contributed by atoms with E-state index in [2.05, 4.69) is 9.88 Å². The van der Waals surface area contributed by atoms with Crippen molar-refractivity contribution in [2.75, 3.05) is 7.05 Å². The van der Waals surface area contributed by atoms with Crippen molar-refractivity contribution in [3.8, 4) is 0 Å². The molecule has 2 rings (SSSR count). The lowest BCUT2D eigenvalue weighted by Crippen LogP contribution is -2.22. The minimum Gasteiger partial charge on any atom is -0.295 e. The Labute approximate surface area is 135 Å². The topological polar surface area (TPSA) is 76.3 Å². The minimum absolute atomic E-state index is 0.0254. The average Bonchev–Trinajstić information content (AvgIpc) is 2.48. The van der Waals surface area contributed by atoms with Crippen LogP contribution in [0.1, 0.15) is 24.1 Å². The number of nitrogens with zero attached hydrogens (tertiary/aromatic N) is 2. The van der Waals surface area contributed by atoms with Crippen LogP contribution in [0.2, 0.25) is 5.15 Å². The first-order valence-corrected chi connectivity index (χ1v) is 8.63. The normalized spacial score (nSPS) is 13.3. The monoisotopic (exact) mass is 339 g/mol. The van der Waals surface area contributed by atoms with Crippen molar-refractivity contribution in [3.05, 3.63) is 58.9 Å². The summed E-state index contributed by atoms with van der Waals surface area (Å²) in [4.78, 5) is 6.27. The molecular weight excluding hydrogens is 322 g/mol. The molecule has 0 spiro atoms. The Hall–Kier alpha value is -1.47. The number of pyridine rings is 1. The summed E-state index contributed by atoms with van der Waals surface area (Å²) in [5.41, 5.74) is 1.91. The van der Waals surface area contributed by atoms with Gasteiger partial charge in [-0.1, -0.05) is 29.8 Å². The second kappa shape index (κ2) is 6.75. The summed E-state index contributed by atoms with van der Waals surface area (Å²) < 4.78 is 22.9. The molecule has 2 aromatic rings. The number of halogens is 1. The highest BCUT2D eigenvalue weighted by Crippen LogP contribution is 2.23. The van der Waals surface area contributed by atoms with Crippen LogP contribution in [0.25, 0.3) is 0 Å². The first kappa shape index (κ1) is 16.9. The Bertz CT molecular complexity index is 748. The van der Waals surface area contributed by atoms with Crippen LogP contribution in [0.3, 0.4) is 0 Å². The van der Waals surface area contributed by atoms with E-state index >= 15 is 0 Å². The van der Waals surface area contributed by atoms with Crippen molar-refractivity contribution < 1.29 is 8.42 Å². The van der Waals surface area contributed by atoms with Gasteiger partial charge in [0.05, 0.1) is 4.90 Å². The number of rotatable bonds is 5. The summed E-state index contributed by atoms with van der Waals surface area (Å²) in [7, 11) is -1.73. The van der Waals surface area contributed by atoms with E-state index < -0.39 is 10.0 Å². The van der Waals surface area contributed by atoms with Crippen LogP contribution in [-0.2, 0) is 16.6 Å². The molecule has 0 amide bonds. The van der Waals surface area contributed by atoms with Gasteiger partial charge in [0.15, 0.2) is 0 Å². The number of nitrogens with two attached hydrogens (primary N) is 1. The van der Waals surface area contributed by atoms with E-state index in [1.807, 2.05) is 26.1 Å². The average molecular weight is 340 g/mol. The second-order valence-electron chi connectivity index (χ2n) is 5.20. The van der Waals surface area contributed by atoms with Crippen molar-refractivity contribution in [2.24, 2.45) is 5.14 Å². The second-order valence-corrected chi connectivity index (χ2v) is 7.15. The molecule has 0 radical (unpaired) electrons. The van der Waals surface area contributed by atoms with E-state index in [1.165, 1.54) is 6.07 Å². The van der Waals surface area contributed by atoms with Crippen LogP contribution in [-0.4, -0.2) is 25.3 Å². The molecule has 0 unspecified atom stereocenters. The maximum Gasteiger partial charge on any atom is 0.238 e. The number of hydrogen-bond donors (Lipinski definition) is 1. The Morgan fingerprint density at radius 3 is 2.64 bits per heavy atom. The highest BCUT2D eigenvalue weighted by atomic mass is 35.5. The van der Waals surface area contributed by atoms with E-state index in [0.717, 1.165) is 11.1 Å². The standard InChI is InChI=1S/C15H18ClN3O2S/c1-11(13-4-3-5-14(8-13)22(17,20)21)19(2)10-12-6-7-15(16)18-9-12/h3-9,11H,10H2,1-2H3,(H2,17,20,21)/t11-/m0/s1. The number of aromatic nitrogens is 1. The molecule has 0 saturated heterocycles. The highest BCUT2D eigenvalue weighted by Gasteiger charge is 2.15. The fraction of sp³-hybridized carbons (Fsp3) is 0.267. The van der Waals surface area contributed by atoms with E-state index in [9.17, 15) is 8.42 Å². The zero-order valence-electron chi connectivity index (χ0n) is 12.4. The van der Waals surface area contributed by atoms with Gasteiger partial charge in [-0.3, -0.25) is 4.90 Å². The van der Waals surface area contributed by atoms with Crippen LogP contribution in [0.5, 0.6) is 0 Å². The van der Waals surface area contributed by atoms with Gasteiger partial charge in [-0.25, -0.2) is 18.5 Å².